The normalized spacial score (nSPS) is 11.5. The lowest BCUT2D eigenvalue weighted by molar-refractivity contribution is -0.136. The molecule has 0 amide bonds. The number of carbonyl (C=O) groups is 1. The van der Waals surface area contributed by atoms with Gasteiger partial charge in [-0.25, -0.2) is 4.98 Å². The molecule has 1 N–H and O–H groups in total. The lowest BCUT2D eigenvalue weighted by Gasteiger charge is -2.01. The molecule has 0 spiro atoms. The van der Waals surface area contributed by atoms with Gasteiger partial charge in [0.25, 0.3) is 0 Å². The zero-order valence-electron chi connectivity index (χ0n) is 13.2. The van der Waals surface area contributed by atoms with Crippen molar-refractivity contribution >= 4 is 34.7 Å². The second-order valence-corrected chi connectivity index (χ2v) is 5.90. The van der Waals surface area contributed by atoms with Gasteiger partial charge < -0.3 is 5.11 Å². The molecule has 0 fully saturated rings. The van der Waals surface area contributed by atoms with Crippen molar-refractivity contribution in [3.05, 3.63) is 58.4 Å². The second-order valence-electron chi connectivity index (χ2n) is 5.47. The fourth-order valence-electron chi connectivity index (χ4n) is 2.44. The van der Waals surface area contributed by atoms with Crippen LogP contribution in [0.2, 0.25) is 5.02 Å². The van der Waals surface area contributed by atoms with Crippen LogP contribution >= 0.6 is 11.6 Å². The lowest BCUT2D eigenvalue weighted by atomic mass is 10.2. The van der Waals surface area contributed by atoms with E-state index < -0.39 is 5.97 Å². The van der Waals surface area contributed by atoms with Gasteiger partial charge in [-0.05, 0) is 49.2 Å². The largest absolute Gasteiger partial charge is 0.481 e. The fourth-order valence-corrected chi connectivity index (χ4v) is 2.67. The maximum Gasteiger partial charge on any atom is 0.309 e. The van der Waals surface area contributed by atoms with E-state index in [0.717, 1.165) is 11.1 Å². The number of aliphatic carboxylic acids is 1. The van der Waals surface area contributed by atoms with Gasteiger partial charge in [-0.1, -0.05) is 17.7 Å². The second kappa shape index (κ2) is 6.41. The van der Waals surface area contributed by atoms with Crippen molar-refractivity contribution < 1.29 is 9.90 Å². The first-order valence-corrected chi connectivity index (χ1v) is 7.69. The molecule has 0 radical (unpaired) electrons. The lowest BCUT2D eigenvalue weighted by Crippen LogP contribution is -2.00. The minimum Gasteiger partial charge on any atom is -0.481 e. The van der Waals surface area contributed by atoms with Gasteiger partial charge in [0.1, 0.15) is 5.65 Å². The highest BCUT2D eigenvalue weighted by Gasteiger charge is 2.16. The molecule has 6 nitrogen and oxygen atoms in total. The Kier molecular flexibility index (Phi) is 4.31. The van der Waals surface area contributed by atoms with Crippen LogP contribution < -0.4 is 0 Å². The molecule has 0 atom stereocenters. The molecule has 3 rings (SSSR count). The van der Waals surface area contributed by atoms with Gasteiger partial charge in [0, 0.05) is 11.2 Å². The van der Waals surface area contributed by atoms with Crippen molar-refractivity contribution in [1.82, 2.24) is 9.38 Å². The Morgan fingerprint density at radius 1 is 1.25 bits per heavy atom. The van der Waals surface area contributed by atoms with Crippen molar-refractivity contribution in [2.75, 3.05) is 0 Å². The summed E-state index contributed by atoms with van der Waals surface area (Å²) in [6.45, 7) is 3.80. The van der Waals surface area contributed by atoms with Gasteiger partial charge >= 0.3 is 5.97 Å². The highest BCUT2D eigenvalue weighted by Crippen LogP contribution is 2.28. The predicted octanol–water partition coefficient (Wildman–Crippen LogP) is 4.65. The smallest absolute Gasteiger partial charge is 0.309 e. The number of carboxylic acid groups (broad SMARTS) is 1. The predicted molar refractivity (Wildman–Crippen MR) is 91.6 cm³/mol. The summed E-state index contributed by atoms with van der Waals surface area (Å²) in [5.74, 6) is -0.541. The summed E-state index contributed by atoms with van der Waals surface area (Å²) in [5, 5.41) is 18.3. The third-order valence-corrected chi connectivity index (χ3v) is 3.85. The van der Waals surface area contributed by atoms with Crippen LogP contribution in [0.5, 0.6) is 0 Å². The maximum absolute atomic E-state index is 11.1. The Balaban J connectivity index is 2.11. The first kappa shape index (κ1) is 16.1. The topological polar surface area (TPSA) is 79.3 Å². The SMILES string of the molecule is Cc1cc(Cl)ccc1N=Nc1c(CC(=O)O)nc2c(C)cccn12. The van der Waals surface area contributed by atoms with Gasteiger partial charge in [0.15, 0.2) is 5.82 Å². The highest BCUT2D eigenvalue weighted by molar-refractivity contribution is 6.30. The van der Waals surface area contributed by atoms with Gasteiger partial charge in [-0.15, -0.1) is 10.2 Å². The van der Waals surface area contributed by atoms with Crippen LogP contribution in [0, 0.1) is 13.8 Å². The van der Waals surface area contributed by atoms with Gasteiger partial charge in [0.05, 0.1) is 17.8 Å². The number of aryl methyl sites for hydroxylation is 2. The number of hydrogen-bond donors (Lipinski definition) is 1. The molecule has 24 heavy (non-hydrogen) atoms. The van der Waals surface area contributed by atoms with Crippen molar-refractivity contribution in [1.29, 1.82) is 0 Å². The third kappa shape index (κ3) is 3.14. The first-order valence-electron chi connectivity index (χ1n) is 7.32. The molecule has 0 unspecified atom stereocenters. The molecular formula is C17H15ClN4O2. The van der Waals surface area contributed by atoms with E-state index in [-0.39, 0.29) is 6.42 Å². The van der Waals surface area contributed by atoms with Gasteiger partial charge in [-0.3, -0.25) is 9.20 Å². The quantitative estimate of drug-likeness (QED) is 0.701. The minimum atomic E-state index is -0.963. The van der Waals surface area contributed by atoms with E-state index in [0.29, 0.717) is 27.9 Å². The molecule has 1 aromatic carbocycles. The Hall–Kier alpha value is -2.73. The van der Waals surface area contributed by atoms with Gasteiger partial charge in [0.2, 0.25) is 0 Å². The van der Waals surface area contributed by atoms with Gasteiger partial charge in [-0.2, -0.15) is 0 Å². The molecule has 0 bridgehead atoms. The standard InChI is InChI=1S/C17H15ClN4O2/c1-10-4-3-7-22-16(10)19-14(9-15(23)24)17(22)21-20-13-6-5-12(18)8-11(13)2/h3-8H,9H2,1-2H3,(H,23,24). The molecule has 0 aliphatic rings. The summed E-state index contributed by atoms with van der Waals surface area (Å²) < 4.78 is 1.75. The Morgan fingerprint density at radius 2 is 2.04 bits per heavy atom. The molecule has 3 aromatic rings. The van der Waals surface area contributed by atoms with E-state index in [4.69, 9.17) is 16.7 Å². The number of carboxylic acids is 1. The summed E-state index contributed by atoms with van der Waals surface area (Å²) in [6.07, 6.45) is 1.58. The van der Waals surface area contributed by atoms with Crippen LogP contribution in [0.3, 0.4) is 0 Å². The number of fused-ring (bicyclic) bond motifs is 1. The summed E-state index contributed by atoms with van der Waals surface area (Å²) in [4.78, 5) is 15.5. The van der Waals surface area contributed by atoms with Crippen molar-refractivity contribution in [3.8, 4) is 0 Å². The first-order chi connectivity index (χ1) is 11.5. The van der Waals surface area contributed by atoms with Crippen molar-refractivity contribution in [2.24, 2.45) is 10.2 Å². The molecule has 2 heterocycles. The fraction of sp³-hybridized carbons (Fsp3) is 0.176. The van der Waals surface area contributed by atoms with E-state index in [2.05, 4.69) is 15.2 Å². The van der Waals surface area contributed by atoms with Crippen molar-refractivity contribution in [3.63, 3.8) is 0 Å². The van der Waals surface area contributed by atoms with Crippen LogP contribution in [0.1, 0.15) is 16.8 Å². The molecule has 0 aliphatic carbocycles. The van der Waals surface area contributed by atoms with E-state index in [1.54, 1.807) is 28.8 Å². The summed E-state index contributed by atoms with van der Waals surface area (Å²) >= 11 is 5.94. The van der Waals surface area contributed by atoms with E-state index in [1.165, 1.54) is 0 Å². The molecule has 2 aromatic heterocycles. The zero-order chi connectivity index (χ0) is 17.3. The number of pyridine rings is 1. The number of hydrogen-bond acceptors (Lipinski definition) is 4. The summed E-state index contributed by atoms with van der Waals surface area (Å²) in [5.41, 5.74) is 3.55. The molecule has 122 valence electrons. The number of azo groups is 1. The Bertz CT molecular complexity index is 963. The average molecular weight is 343 g/mol. The number of rotatable bonds is 4. The van der Waals surface area contributed by atoms with Crippen LogP contribution in [-0.2, 0) is 11.2 Å². The summed E-state index contributed by atoms with van der Waals surface area (Å²) in [6, 6.07) is 9.08. The van der Waals surface area contributed by atoms with Crippen molar-refractivity contribution in [2.45, 2.75) is 20.3 Å². The van der Waals surface area contributed by atoms with E-state index in [1.807, 2.05) is 26.0 Å². The average Bonchev–Trinajstić information content (AvgIpc) is 2.85. The Labute approximate surface area is 143 Å². The van der Waals surface area contributed by atoms with Crippen LogP contribution in [0.4, 0.5) is 11.5 Å². The monoisotopic (exact) mass is 342 g/mol. The summed E-state index contributed by atoms with van der Waals surface area (Å²) in [7, 11) is 0. The van der Waals surface area contributed by atoms with E-state index >= 15 is 0 Å². The molecule has 0 aliphatic heterocycles. The molecular weight excluding hydrogens is 328 g/mol. The molecule has 7 heteroatoms. The number of benzene rings is 1. The van der Waals surface area contributed by atoms with Crippen LogP contribution in [0.15, 0.2) is 46.8 Å². The van der Waals surface area contributed by atoms with E-state index in [9.17, 15) is 4.79 Å². The maximum atomic E-state index is 11.1. The molecule has 0 saturated heterocycles. The number of halogens is 1. The minimum absolute atomic E-state index is 0.213. The number of imidazole rings is 1. The Morgan fingerprint density at radius 3 is 2.75 bits per heavy atom. The zero-order valence-corrected chi connectivity index (χ0v) is 13.9. The third-order valence-electron chi connectivity index (χ3n) is 3.62. The van der Waals surface area contributed by atoms with Crippen LogP contribution in [0.25, 0.3) is 5.65 Å². The highest BCUT2D eigenvalue weighted by atomic mass is 35.5. The van der Waals surface area contributed by atoms with Crippen LogP contribution in [-0.4, -0.2) is 20.5 Å². The number of nitrogens with zero attached hydrogens (tertiary/aromatic N) is 4. The molecule has 0 saturated carbocycles. The number of aromatic nitrogens is 2.